The molecule has 2 aliphatic heterocycles. The Kier molecular flexibility index (Phi) is 3.57. The third kappa shape index (κ3) is 2.09. The van der Waals surface area contributed by atoms with Crippen molar-refractivity contribution >= 4 is 5.82 Å². The lowest BCUT2D eigenvalue weighted by Crippen LogP contribution is -2.46. The Morgan fingerprint density at radius 3 is 3.00 bits per heavy atom. The third-order valence-electron chi connectivity index (χ3n) is 3.89. The SMILES string of the molecule is CO[C@@H]1[C@H](O)[C@@H](CO)O[C@H]1n1cnc2c1=NCN(C)C=2N. The Balaban J connectivity index is 2.05. The van der Waals surface area contributed by atoms with Gasteiger partial charge in [-0.1, -0.05) is 0 Å². The lowest BCUT2D eigenvalue weighted by Gasteiger charge is -2.21. The molecule has 9 heteroatoms. The molecule has 1 aromatic rings. The first-order chi connectivity index (χ1) is 10.1. The van der Waals surface area contributed by atoms with Crippen molar-refractivity contribution in [2.45, 2.75) is 24.5 Å². The van der Waals surface area contributed by atoms with Gasteiger partial charge in [-0.15, -0.1) is 0 Å². The number of imidazole rings is 1. The normalized spacial score (nSPS) is 32.2. The highest BCUT2D eigenvalue weighted by Gasteiger charge is 2.45. The second-order valence-corrected chi connectivity index (χ2v) is 5.15. The smallest absolute Gasteiger partial charge is 0.166 e. The maximum absolute atomic E-state index is 10.1. The van der Waals surface area contributed by atoms with Gasteiger partial charge in [0.05, 0.1) is 12.9 Å². The minimum Gasteiger partial charge on any atom is -0.394 e. The number of aliphatic hydroxyl groups excluding tert-OH is 2. The molecular formula is C12H19N5O4. The molecule has 0 aliphatic carbocycles. The van der Waals surface area contributed by atoms with Crippen molar-refractivity contribution in [3.05, 3.63) is 17.2 Å². The van der Waals surface area contributed by atoms with Gasteiger partial charge in [0.2, 0.25) is 0 Å². The molecule has 9 nitrogen and oxygen atoms in total. The molecule has 0 unspecified atom stereocenters. The van der Waals surface area contributed by atoms with E-state index >= 15 is 0 Å². The molecule has 1 fully saturated rings. The fraction of sp³-hybridized carbons (Fsp3) is 0.667. The fourth-order valence-electron chi connectivity index (χ4n) is 2.66. The van der Waals surface area contributed by atoms with Crippen LogP contribution >= 0.6 is 0 Å². The largest absolute Gasteiger partial charge is 0.394 e. The van der Waals surface area contributed by atoms with E-state index in [1.807, 2.05) is 7.05 Å². The molecule has 4 N–H and O–H groups in total. The molecule has 21 heavy (non-hydrogen) atoms. The van der Waals surface area contributed by atoms with E-state index < -0.39 is 24.5 Å². The molecule has 1 saturated heterocycles. The molecule has 116 valence electrons. The quantitative estimate of drug-likeness (QED) is 0.534. The average molecular weight is 297 g/mol. The topological polar surface area (TPSA) is 118 Å². The summed E-state index contributed by atoms with van der Waals surface area (Å²) < 4.78 is 12.7. The van der Waals surface area contributed by atoms with Crippen LogP contribution in [0.25, 0.3) is 5.82 Å². The van der Waals surface area contributed by atoms with Crippen LogP contribution < -0.4 is 16.6 Å². The van der Waals surface area contributed by atoms with E-state index in [2.05, 4.69) is 9.98 Å². The van der Waals surface area contributed by atoms with Crippen LogP contribution in [0.4, 0.5) is 0 Å². The predicted octanol–water partition coefficient (Wildman–Crippen LogP) is -3.30. The van der Waals surface area contributed by atoms with Gasteiger partial charge in [-0.05, 0) is 0 Å². The van der Waals surface area contributed by atoms with Crippen molar-refractivity contribution in [1.82, 2.24) is 14.5 Å². The van der Waals surface area contributed by atoms with E-state index in [4.69, 9.17) is 15.2 Å². The van der Waals surface area contributed by atoms with Gasteiger partial charge in [0, 0.05) is 14.2 Å². The summed E-state index contributed by atoms with van der Waals surface area (Å²) in [4.78, 5) is 10.5. The summed E-state index contributed by atoms with van der Waals surface area (Å²) in [5.41, 5.74) is 6.58. The van der Waals surface area contributed by atoms with Crippen molar-refractivity contribution < 1.29 is 19.7 Å². The Hall–Kier alpha value is -1.68. The summed E-state index contributed by atoms with van der Waals surface area (Å²) in [6, 6.07) is 0. The van der Waals surface area contributed by atoms with Gasteiger partial charge in [0.15, 0.2) is 11.7 Å². The summed E-state index contributed by atoms with van der Waals surface area (Å²) in [5.74, 6) is 0.532. The Morgan fingerprint density at radius 2 is 2.33 bits per heavy atom. The molecular weight excluding hydrogens is 278 g/mol. The van der Waals surface area contributed by atoms with Crippen molar-refractivity contribution in [3.8, 4) is 0 Å². The number of aliphatic hydroxyl groups is 2. The first kappa shape index (κ1) is 14.3. The van der Waals surface area contributed by atoms with E-state index in [0.717, 1.165) is 0 Å². The average Bonchev–Trinajstić information content (AvgIpc) is 3.03. The Morgan fingerprint density at radius 1 is 1.57 bits per heavy atom. The van der Waals surface area contributed by atoms with Gasteiger partial charge in [-0.25, -0.2) is 9.98 Å². The maximum Gasteiger partial charge on any atom is 0.166 e. The molecule has 0 saturated carbocycles. The number of nitrogens with zero attached hydrogens (tertiary/aromatic N) is 4. The highest BCUT2D eigenvalue weighted by Crippen LogP contribution is 2.30. The van der Waals surface area contributed by atoms with Gasteiger partial charge in [0.25, 0.3) is 0 Å². The molecule has 4 atom stereocenters. The second-order valence-electron chi connectivity index (χ2n) is 5.15. The number of methoxy groups -OCH3 is 1. The highest BCUT2D eigenvalue weighted by molar-refractivity contribution is 5.35. The van der Waals surface area contributed by atoms with E-state index in [9.17, 15) is 10.2 Å². The zero-order chi connectivity index (χ0) is 15.1. The number of hydrogen-bond acceptors (Lipinski definition) is 8. The van der Waals surface area contributed by atoms with Crippen LogP contribution in [0, 0.1) is 0 Å². The van der Waals surface area contributed by atoms with Crippen LogP contribution in [0.5, 0.6) is 0 Å². The van der Waals surface area contributed by atoms with Crippen molar-refractivity contribution in [3.63, 3.8) is 0 Å². The molecule has 0 aromatic carbocycles. The van der Waals surface area contributed by atoms with Crippen LogP contribution in [-0.4, -0.2) is 70.4 Å². The molecule has 0 amide bonds. The van der Waals surface area contributed by atoms with Gasteiger partial charge >= 0.3 is 0 Å². The Bertz CT molecular complexity index is 645. The van der Waals surface area contributed by atoms with Crippen LogP contribution in [0.1, 0.15) is 6.23 Å². The minimum atomic E-state index is -0.921. The van der Waals surface area contributed by atoms with E-state index in [1.165, 1.54) is 7.11 Å². The third-order valence-corrected chi connectivity index (χ3v) is 3.89. The number of hydrogen-bond donors (Lipinski definition) is 3. The predicted molar refractivity (Wildman–Crippen MR) is 71.0 cm³/mol. The lowest BCUT2D eigenvalue weighted by atomic mass is 10.1. The maximum atomic E-state index is 10.1. The number of ether oxygens (including phenoxy) is 2. The zero-order valence-electron chi connectivity index (χ0n) is 11.9. The first-order valence-electron chi connectivity index (χ1n) is 6.64. The van der Waals surface area contributed by atoms with Crippen LogP contribution in [0.3, 0.4) is 0 Å². The van der Waals surface area contributed by atoms with Crippen molar-refractivity contribution in [2.75, 3.05) is 27.4 Å². The van der Waals surface area contributed by atoms with Gasteiger partial charge in [0.1, 0.15) is 36.2 Å². The molecule has 0 radical (unpaired) electrons. The van der Waals surface area contributed by atoms with Crippen LogP contribution in [-0.2, 0) is 9.47 Å². The summed E-state index contributed by atoms with van der Waals surface area (Å²) in [7, 11) is 3.31. The number of fused-ring (bicyclic) bond motifs is 1. The molecule has 0 bridgehead atoms. The standard InChI is InChI=1S/C12H19N5O4/c1-16-4-15-11-7(10(16)13)14-5-17(11)12-9(20-2)8(19)6(3-18)21-12/h5-6,8-9,12,18-19H,3-4,13H2,1-2H3/t6-,8-,9-,12-/m1/s1. The molecule has 1 aromatic heterocycles. The molecule has 2 aliphatic rings. The summed E-state index contributed by atoms with van der Waals surface area (Å²) >= 11 is 0. The van der Waals surface area contributed by atoms with E-state index in [-0.39, 0.29) is 6.61 Å². The Labute approximate surface area is 120 Å². The molecule has 3 heterocycles. The first-order valence-corrected chi connectivity index (χ1v) is 6.64. The number of rotatable bonds is 3. The summed E-state index contributed by atoms with van der Waals surface area (Å²) in [6.07, 6.45) is -1.29. The van der Waals surface area contributed by atoms with Crippen molar-refractivity contribution in [1.29, 1.82) is 0 Å². The second kappa shape index (κ2) is 5.26. The van der Waals surface area contributed by atoms with Crippen LogP contribution in [0.2, 0.25) is 0 Å². The monoisotopic (exact) mass is 297 g/mol. The fourth-order valence-corrected chi connectivity index (χ4v) is 2.66. The molecule has 0 spiro atoms. The molecule has 3 rings (SSSR count). The van der Waals surface area contributed by atoms with Gasteiger partial charge in [-0.2, -0.15) is 0 Å². The van der Waals surface area contributed by atoms with Crippen LogP contribution in [0.15, 0.2) is 11.3 Å². The zero-order valence-corrected chi connectivity index (χ0v) is 11.9. The van der Waals surface area contributed by atoms with Gasteiger partial charge in [-0.3, -0.25) is 4.57 Å². The highest BCUT2D eigenvalue weighted by atomic mass is 16.6. The van der Waals surface area contributed by atoms with Crippen molar-refractivity contribution in [2.24, 2.45) is 10.7 Å². The number of aromatic nitrogens is 2. The van der Waals surface area contributed by atoms with E-state index in [0.29, 0.717) is 23.3 Å². The summed E-state index contributed by atoms with van der Waals surface area (Å²) in [5, 5.41) is 19.9. The summed E-state index contributed by atoms with van der Waals surface area (Å²) in [6.45, 7) is 0.128. The van der Waals surface area contributed by atoms with E-state index in [1.54, 1.807) is 15.8 Å². The number of nitrogens with two attached hydrogens (primary N) is 1. The van der Waals surface area contributed by atoms with Gasteiger partial charge < -0.3 is 30.3 Å². The lowest BCUT2D eigenvalue weighted by molar-refractivity contribution is -0.0621. The minimum absolute atomic E-state index is 0.289.